The molecule has 0 N–H and O–H groups in total. The van der Waals surface area contributed by atoms with Gasteiger partial charge in [0.25, 0.3) is 5.91 Å². The molecule has 1 fully saturated rings. The minimum Gasteiger partial charge on any atom is -0.491 e. The van der Waals surface area contributed by atoms with Crippen LogP contribution >= 0.6 is 15.9 Å². The zero-order valence-corrected chi connectivity index (χ0v) is 13.1. The van der Waals surface area contributed by atoms with Crippen LogP contribution in [0.1, 0.15) is 43.5 Å². The third-order valence-corrected chi connectivity index (χ3v) is 3.87. The van der Waals surface area contributed by atoms with Crippen LogP contribution in [-0.2, 0) is 0 Å². The summed E-state index contributed by atoms with van der Waals surface area (Å²) >= 11 is 3.46. The summed E-state index contributed by atoms with van der Waals surface area (Å²) in [6.07, 6.45) is 3.54. The van der Waals surface area contributed by atoms with Crippen molar-refractivity contribution in [2.24, 2.45) is 0 Å². The van der Waals surface area contributed by atoms with Gasteiger partial charge in [-0.05, 0) is 67.2 Å². The fourth-order valence-electron chi connectivity index (χ4n) is 2.28. The molecule has 3 nitrogen and oxygen atoms in total. The number of carbonyl (C=O) groups excluding carboxylic acids is 1. The first-order valence-corrected chi connectivity index (χ1v) is 7.62. The average molecular weight is 326 g/mol. The topological polar surface area (TPSA) is 29.5 Å². The summed E-state index contributed by atoms with van der Waals surface area (Å²) in [5.41, 5.74) is 0.694. The SMILES string of the molecule is CC(C)Oc1ccc(Br)c(C(=O)N2CCCCC2)c1. The number of rotatable bonds is 3. The summed E-state index contributed by atoms with van der Waals surface area (Å²) in [5, 5.41) is 0. The van der Waals surface area contributed by atoms with E-state index in [1.165, 1.54) is 6.42 Å². The Morgan fingerprint density at radius 2 is 1.95 bits per heavy atom. The van der Waals surface area contributed by atoms with Crippen molar-refractivity contribution in [2.75, 3.05) is 13.1 Å². The number of benzene rings is 1. The lowest BCUT2D eigenvalue weighted by atomic mass is 10.1. The third-order valence-electron chi connectivity index (χ3n) is 3.18. The lowest BCUT2D eigenvalue weighted by Crippen LogP contribution is -2.35. The Balaban J connectivity index is 2.19. The monoisotopic (exact) mass is 325 g/mol. The minimum atomic E-state index is 0.0979. The molecule has 0 spiro atoms. The van der Waals surface area contributed by atoms with Crippen LogP contribution in [0.5, 0.6) is 5.75 Å². The summed E-state index contributed by atoms with van der Waals surface area (Å²) in [6.45, 7) is 5.68. The first-order valence-electron chi connectivity index (χ1n) is 6.83. The molecule has 1 heterocycles. The Labute approximate surface area is 123 Å². The average Bonchev–Trinajstić information content (AvgIpc) is 2.40. The predicted molar refractivity (Wildman–Crippen MR) is 79.7 cm³/mol. The molecule has 4 heteroatoms. The van der Waals surface area contributed by atoms with Gasteiger partial charge in [-0.25, -0.2) is 0 Å². The van der Waals surface area contributed by atoms with E-state index in [4.69, 9.17) is 4.74 Å². The molecule has 1 amide bonds. The van der Waals surface area contributed by atoms with Gasteiger partial charge in [0.05, 0.1) is 11.7 Å². The van der Waals surface area contributed by atoms with Crippen molar-refractivity contribution in [3.63, 3.8) is 0 Å². The Hall–Kier alpha value is -1.03. The number of likely N-dealkylation sites (tertiary alicyclic amines) is 1. The predicted octanol–water partition coefficient (Wildman–Crippen LogP) is 3.86. The first-order chi connectivity index (χ1) is 9.08. The zero-order chi connectivity index (χ0) is 13.8. The number of piperidine rings is 1. The van der Waals surface area contributed by atoms with Crippen LogP contribution in [0.2, 0.25) is 0 Å². The second kappa shape index (κ2) is 6.42. The van der Waals surface area contributed by atoms with Gasteiger partial charge in [0.2, 0.25) is 0 Å². The van der Waals surface area contributed by atoms with E-state index in [-0.39, 0.29) is 12.0 Å². The molecular formula is C15H20BrNO2. The molecule has 1 aromatic rings. The van der Waals surface area contributed by atoms with E-state index in [1.54, 1.807) is 0 Å². The van der Waals surface area contributed by atoms with E-state index >= 15 is 0 Å². The van der Waals surface area contributed by atoms with Gasteiger partial charge in [0.1, 0.15) is 5.75 Å². The highest BCUT2D eigenvalue weighted by atomic mass is 79.9. The molecule has 0 radical (unpaired) electrons. The fraction of sp³-hybridized carbons (Fsp3) is 0.533. The van der Waals surface area contributed by atoms with Crippen molar-refractivity contribution in [3.8, 4) is 5.75 Å². The molecule has 0 atom stereocenters. The number of nitrogens with zero attached hydrogens (tertiary/aromatic N) is 1. The molecule has 1 aliphatic rings. The van der Waals surface area contributed by atoms with E-state index < -0.39 is 0 Å². The molecule has 1 saturated heterocycles. The van der Waals surface area contributed by atoms with E-state index in [0.29, 0.717) is 5.56 Å². The van der Waals surface area contributed by atoms with Crippen molar-refractivity contribution in [1.29, 1.82) is 0 Å². The number of amides is 1. The maximum atomic E-state index is 12.5. The van der Waals surface area contributed by atoms with Crippen LogP contribution in [0.3, 0.4) is 0 Å². The molecule has 104 valence electrons. The summed E-state index contributed by atoms with van der Waals surface area (Å²) < 4.78 is 6.49. The lowest BCUT2D eigenvalue weighted by Gasteiger charge is -2.27. The van der Waals surface area contributed by atoms with E-state index in [0.717, 1.165) is 36.2 Å². The summed E-state index contributed by atoms with van der Waals surface area (Å²) in [5.74, 6) is 0.847. The van der Waals surface area contributed by atoms with Gasteiger partial charge in [0, 0.05) is 17.6 Å². The molecule has 0 unspecified atom stereocenters. The smallest absolute Gasteiger partial charge is 0.255 e. The second-order valence-corrected chi connectivity index (χ2v) is 6.02. The Morgan fingerprint density at radius 1 is 1.26 bits per heavy atom. The molecule has 1 aliphatic heterocycles. The van der Waals surface area contributed by atoms with Gasteiger partial charge in [-0.15, -0.1) is 0 Å². The van der Waals surface area contributed by atoms with Crippen LogP contribution in [0.15, 0.2) is 22.7 Å². The van der Waals surface area contributed by atoms with Crippen LogP contribution in [0.25, 0.3) is 0 Å². The normalized spacial score (nSPS) is 15.7. The molecule has 0 saturated carbocycles. The van der Waals surface area contributed by atoms with Gasteiger partial charge in [-0.3, -0.25) is 4.79 Å². The standard InChI is InChI=1S/C15H20BrNO2/c1-11(2)19-12-6-7-14(16)13(10-12)15(18)17-8-4-3-5-9-17/h6-7,10-11H,3-5,8-9H2,1-2H3. The zero-order valence-electron chi connectivity index (χ0n) is 11.5. The lowest BCUT2D eigenvalue weighted by molar-refractivity contribution is 0.0722. The van der Waals surface area contributed by atoms with E-state index in [9.17, 15) is 4.79 Å². The van der Waals surface area contributed by atoms with Gasteiger partial charge in [0.15, 0.2) is 0 Å². The second-order valence-electron chi connectivity index (χ2n) is 5.16. The molecule has 0 bridgehead atoms. The van der Waals surface area contributed by atoms with Crippen molar-refractivity contribution in [2.45, 2.75) is 39.2 Å². The molecular weight excluding hydrogens is 306 g/mol. The number of halogens is 1. The van der Waals surface area contributed by atoms with Crippen LogP contribution < -0.4 is 4.74 Å². The van der Waals surface area contributed by atoms with Crippen LogP contribution in [0, 0.1) is 0 Å². The molecule has 0 aromatic heterocycles. The quantitative estimate of drug-likeness (QED) is 0.844. The minimum absolute atomic E-state index is 0.0979. The van der Waals surface area contributed by atoms with Crippen molar-refractivity contribution >= 4 is 21.8 Å². The summed E-state index contributed by atoms with van der Waals surface area (Å²) in [7, 11) is 0. The Bertz CT molecular complexity index is 453. The van der Waals surface area contributed by atoms with Gasteiger partial charge in [-0.1, -0.05) is 0 Å². The maximum Gasteiger partial charge on any atom is 0.255 e. The highest BCUT2D eigenvalue weighted by Gasteiger charge is 2.20. The largest absolute Gasteiger partial charge is 0.491 e. The number of ether oxygens (including phenoxy) is 1. The van der Waals surface area contributed by atoms with Crippen molar-refractivity contribution < 1.29 is 9.53 Å². The van der Waals surface area contributed by atoms with Gasteiger partial charge in [-0.2, -0.15) is 0 Å². The maximum absolute atomic E-state index is 12.5. The highest BCUT2D eigenvalue weighted by molar-refractivity contribution is 9.10. The number of carbonyl (C=O) groups is 1. The molecule has 2 rings (SSSR count). The van der Waals surface area contributed by atoms with Crippen LogP contribution in [-0.4, -0.2) is 30.0 Å². The Morgan fingerprint density at radius 3 is 2.58 bits per heavy atom. The fourth-order valence-corrected chi connectivity index (χ4v) is 2.70. The first kappa shape index (κ1) is 14.4. The van der Waals surface area contributed by atoms with Crippen molar-refractivity contribution in [1.82, 2.24) is 4.90 Å². The summed E-state index contributed by atoms with van der Waals surface area (Å²) in [6, 6.07) is 5.60. The highest BCUT2D eigenvalue weighted by Crippen LogP contribution is 2.25. The van der Waals surface area contributed by atoms with Crippen LogP contribution in [0.4, 0.5) is 0 Å². The number of hydrogen-bond acceptors (Lipinski definition) is 2. The Kier molecular flexibility index (Phi) is 4.86. The number of hydrogen-bond donors (Lipinski definition) is 0. The van der Waals surface area contributed by atoms with E-state index in [2.05, 4.69) is 15.9 Å². The van der Waals surface area contributed by atoms with Crippen molar-refractivity contribution in [3.05, 3.63) is 28.2 Å². The van der Waals surface area contributed by atoms with E-state index in [1.807, 2.05) is 36.9 Å². The molecule has 0 aliphatic carbocycles. The molecule has 1 aromatic carbocycles. The molecule has 19 heavy (non-hydrogen) atoms. The van der Waals surface area contributed by atoms with Gasteiger partial charge >= 0.3 is 0 Å². The summed E-state index contributed by atoms with van der Waals surface area (Å²) in [4.78, 5) is 14.4. The third kappa shape index (κ3) is 3.72. The van der Waals surface area contributed by atoms with Gasteiger partial charge < -0.3 is 9.64 Å².